The highest BCUT2D eigenvalue weighted by Crippen LogP contribution is 2.34. The van der Waals surface area contributed by atoms with Crippen molar-refractivity contribution in [3.63, 3.8) is 0 Å². The second kappa shape index (κ2) is 10.5. The van der Waals surface area contributed by atoms with Gasteiger partial charge in [-0.2, -0.15) is 4.98 Å². The van der Waals surface area contributed by atoms with Crippen molar-refractivity contribution in [2.75, 3.05) is 45.2 Å². The van der Waals surface area contributed by atoms with E-state index in [2.05, 4.69) is 19.2 Å². The molecule has 1 N–H and O–H groups in total. The number of nitrogens with one attached hydrogen (secondary N) is 1. The molecular formula is C27H32N4O5S. The van der Waals surface area contributed by atoms with E-state index >= 15 is 0 Å². The molecule has 0 bridgehead atoms. The maximum Gasteiger partial charge on any atom is 0.262 e. The van der Waals surface area contributed by atoms with Gasteiger partial charge < -0.3 is 18.8 Å². The topological polar surface area (TPSA) is 94.9 Å². The summed E-state index contributed by atoms with van der Waals surface area (Å²) in [6.45, 7) is 3.80. The Morgan fingerprint density at radius 3 is 2.38 bits per heavy atom. The Hall–Kier alpha value is -3.50. The van der Waals surface area contributed by atoms with Crippen LogP contribution < -0.4 is 18.9 Å². The van der Waals surface area contributed by atoms with Gasteiger partial charge in [0.2, 0.25) is 11.8 Å². The zero-order valence-corrected chi connectivity index (χ0v) is 22.2. The molecule has 1 saturated heterocycles. The molecule has 0 aliphatic carbocycles. The third-order valence-corrected chi connectivity index (χ3v) is 8.23. The number of pyridine rings is 1. The molecule has 1 fully saturated rings. The largest absolute Gasteiger partial charge is 0.492 e. The lowest BCUT2D eigenvalue weighted by molar-refractivity contribution is 0.183. The predicted molar refractivity (Wildman–Crippen MR) is 144 cm³/mol. The summed E-state index contributed by atoms with van der Waals surface area (Å²) in [6.07, 6.45) is 3.82. The van der Waals surface area contributed by atoms with Gasteiger partial charge in [0, 0.05) is 41.5 Å². The van der Waals surface area contributed by atoms with Crippen LogP contribution in [0.15, 0.2) is 53.4 Å². The van der Waals surface area contributed by atoms with Gasteiger partial charge in [-0.25, -0.2) is 8.42 Å². The van der Waals surface area contributed by atoms with E-state index in [-0.39, 0.29) is 16.5 Å². The summed E-state index contributed by atoms with van der Waals surface area (Å²) in [5, 5.41) is 1.77. The van der Waals surface area contributed by atoms with Crippen LogP contribution in [0, 0.1) is 0 Å². The normalized spacial score (nSPS) is 14.7. The van der Waals surface area contributed by atoms with Crippen molar-refractivity contribution < 1.29 is 22.6 Å². The lowest BCUT2D eigenvalue weighted by Gasteiger charge is -2.26. The van der Waals surface area contributed by atoms with Gasteiger partial charge in [-0.15, -0.1) is 0 Å². The average Bonchev–Trinajstić information content (AvgIpc) is 3.20. The number of ether oxygens (including phenoxy) is 3. The van der Waals surface area contributed by atoms with Crippen LogP contribution in [-0.2, 0) is 17.1 Å². The Morgan fingerprint density at radius 2 is 1.65 bits per heavy atom. The van der Waals surface area contributed by atoms with E-state index in [9.17, 15) is 8.42 Å². The van der Waals surface area contributed by atoms with E-state index in [4.69, 9.17) is 14.2 Å². The maximum atomic E-state index is 13.3. The van der Waals surface area contributed by atoms with Gasteiger partial charge in [0.25, 0.3) is 10.0 Å². The van der Waals surface area contributed by atoms with E-state index in [1.807, 2.05) is 31.3 Å². The third kappa shape index (κ3) is 5.17. The van der Waals surface area contributed by atoms with E-state index in [1.165, 1.54) is 33.5 Å². The Bertz CT molecular complexity index is 1530. The van der Waals surface area contributed by atoms with Gasteiger partial charge in [0.15, 0.2) is 0 Å². The molecule has 196 valence electrons. The lowest BCUT2D eigenvalue weighted by atomic mass is 10.1. The highest BCUT2D eigenvalue weighted by molar-refractivity contribution is 7.92. The Morgan fingerprint density at radius 1 is 0.919 bits per heavy atom. The van der Waals surface area contributed by atoms with Gasteiger partial charge in [0.1, 0.15) is 18.0 Å². The first-order valence-corrected chi connectivity index (χ1v) is 13.9. The molecule has 2 aromatic heterocycles. The maximum absolute atomic E-state index is 13.3. The summed E-state index contributed by atoms with van der Waals surface area (Å²) >= 11 is 0. The minimum absolute atomic E-state index is 0.125. The number of aryl methyl sites for hydroxylation is 1. The van der Waals surface area contributed by atoms with Crippen molar-refractivity contribution in [2.45, 2.75) is 24.2 Å². The second-order valence-corrected chi connectivity index (χ2v) is 10.9. The number of piperidine rings is 1. The molecular weight excluding hydrogens is 492 g/mol. The zero-order chi connectivity index (χ0) is 26.0. The van der Waals surface area contributed by atoms with Crippen LogP contribution in [0.3, 0.4) is 0 Å². The summed E-state index contributed by atoms with van der Waals surface area (Å²) in [6, 6.07) is 14.2. The number of nitrogens with zero attached hydrogens (tertiary/aromatic N) is 3. The number of hydrogen-bond acceptors (Lipinski definition) is 7. The van der Waals surface area contributed by atoms with Gasteiger partial charge >= 0.3 is 0 Å². The summed E-state index contributed by atoms with van der Waals surface area (Å²) in [7, 11) is 0.971. The highest BCUT2D eigenvalue weighted by Gasteiger charge is 2.20. The van der Waals surface area contributed by atoms with Crippen LogP contribution in [0.2, 0.25) is 0 Å². The number of likely N-dealkylation sites (tertiary alicyclic amines) is 1. The molecule has 37 heavy (non-hydrogen) atoms. The van der Waals surface area contributed by atoms with E-state index in [0.717, 1.165) is 47.2 Å². The van der Waals surface area contributed by atoms with Crippen molar-refractivity contribution in [2.24, 2.45) is 7.05 Å². The van der Waals surface area contributed by atoms with Gasteiger partial charge in [0.05, 0.1) is 19.1 Å². The molecule has 0 radical (unpaired) electrons. The molecule has 1 aliphatic rings. The summed E-state index contributed by atoms with van der Waals surface area (Å²) in [4.78, 5) is 6.74. The standard InChI is InChI=1S/C27H32N4O5S/c1-30-24-10-7-19(36-16-15-31-13-5-4-6-14-31)17-21(24)22-18-20(8-11-25(22)30)37(32,33)29-23-9-12-26(34-2)28-27(23)35-3/h7-12,17-18,29H,4-6,13-16H2,1-3H3. The molecule has 10 heteroatoms. The molecule has 5 rings (SSSR count). The number of anilines is 1. The smallest absolute Gasteiger partial charge is 0.262 e. The Kier molecular flexibility index (Phi) is 7.12. The first-order valence-electron chi connectivity index (χ1n) is 12.4. The summed E-state index contributed by atoms with van der Waals surface area (Å²) in [5.74, 6) is 1.23. The zero-order valence-electron chi connectivity index (χ0n) is 21.4. The molecule has 4 aromatic rings. The first kappa shape index (κ1) is 25.2. The van der Waals surface area contributed by atoms with E-state index in [1.54, 1.807) is 24.3 Å². The van der Waals surface area contributed by atoms with Crippen LogP contribution in [0.1, 0.15) is 19.3 Å². The van der Waals surface area contributed by atoms with Crippen molar-refractivity contribution >= 4 is 37.5 Å². The molecule has 0 spiro atoms. The molecule has 0 saturated carbocycles. The second-order valence-electron chi connectivity index (χ2n) is 9.18. The van der Waals surface area contributed by atoms with Crippen molar-refractivity contribution in [3.05, 3.63) is 48.5 Å². The minimum Gasteiger partial charge on any atom is -0.492 e. The van der Waals surface area contributed by atoms with Crippen LogP contribution in [0.25, 0.3) is 21.8 Å². The molecule has 0 unspecified atom stereocenters. The average molecular weight is 525 g/mol. The summed E-state index contributed by atoms with van der Waals surface area (Å²) < 4.78 is 47.7. The first-order chi connectivity index (χ1) is 17.9. The molecule has 0 atom stereocenters. The Balaban J connectivity index is 1.43. The fraction of sp³-hybridized carbons (Fsp3) is 0.370. The summed E-state index contributed by atoms with van der Waals surface area (Å²) in [5.41, 5.74) is 2.16. The van der Waals surface area contributed by atoms with Crippen molar-refractivity contribution in [3.8, 4) is 17.5 Å². The molecule has 0 amide bonds. The lowest BCUT2D eigenvalue weighted by Crippen LogP contribution is -2.33. The van der Waals surface area contributed by atoms with Crippen LogP contribution in [0.4, 0.5) is 5.69 Å². The quantitative estimate of drug-likeness (QED) is 0.347. The molecule has 3 heterocycles. The minimum atomic E-state index is -3.91. The SMILES string of the molecule is COc1ccc(NS(=O)(=O)c2ccc3c(c2)c2cc(OCCN4CCCCC4)ccc2n3C)c(OC)n1. The van der Waals surface area contributed by atoms with Crippen molar-refractivity contribution in [1.29, 1.82) is 0 Å². The van der Waals surface area contributed by atoms with E-state index in [0.29, 0.717) is 12.5 Å². The van der Waals surface area contributed by atoms with Gasteiger partial charge in [-0.05, 0) is 68.4 Å². The predicted octanol–water partition coefficient (Wildman–Crippen LogP) is 4.41. The number of rotatable bonds is 9. The van der Waals surface area contributed by atoms with Crippen molar-refractivity contribution in [1.82, 2.24) is 14.5 Å². The molecule has 2 aromatic carbocycles. The number of hydrogen-bond donors (Lipinski definition) is 1. The molecule has 1 aliphatic heterocycles. The number of aromatic nitrogens is 2. The highest BCUT2D eigenvalue weighted by atomic mass is 32.2. The Labute approximate surface area is 217 Å². The third-order valence-electron chi connectivity index (χ3n) is 6.87. The number of methoxy groups -OCH3 is 2. The van der Waals surface area contributed by atoms with Crippen LogP contribution in [-0.4, -0.2) is 63.3 Å². The van der Waals surface area contributed by atoms with Crippen LogP contribution >= 0.6 is 0 Å². The number of benzene rings is 2. The number of fused-ring (bicyclic) bond motifs is 3. The molecule has 9 nitrogen and oxygen atoms in total. The van der Waals surface area contributed by atoms with E-state index < -0.39 is 10.0 Å². The monoisotopic (exact) mass is 524 g/mol. The van der Waals surface area contributed by atoms with Gasteiger partial charge in [-0.1, -0.05) is 6.42 Å². The van der Waals surface area contributed by atoms with Crippen LogP contribution in [0.5, 0.6) is 17.5 Å². The fourth-order valence-electron chi connectivity index (χ4n) is 4.88. The van der Waals surface area contributed by atoms with Gasteiger partial charge in [-0.3, -0.25) is 9.62 Å². The number of sulfonamides is 1. The fourth-order valence-corrected chi connectivity index (χ4v) is 5.97.